The van der Waals surface area contributed by atoms with Gasteiger partial charge in [0, 0.05) is 43.4 Å². The van der Waals surface area contributed by atoms with Gasteiger partial charge in [0.15, 0.2) is 5.69 Å². The number of amides is 1. The molecule has 6 heteroatoms. The highest BCUT2D eigenvalue weighted by molar-refractivity contribution is 5.94. The average Bonchev–Trinajstić information content (AvgIpc) is 3.08. The molecular weight excluding hydrogens is 364 g/mol. The van der Waals surface area contributed by atoms with Crippen LogP contribution in [0.4, 0.5) is 0 Å². The zero-order valence-electron chi connectivity index (χ0n) is 17.4. The number of ether oxygens (including phenoxy) is 1. The summed E-state index contributed by atoms with van der Waals surface area (Å²) in [4.78, 5) is 15.6. The van der Waals surface area contributed by atoms with Crippen molar-refractivity contribution in [3.63, 3.8) is 0 Å². The van der Waals surface area contributed by atoms with Crippen molar-refractivity contribution >= 4 is 5.91 Å². The quantitative estimate of drug-likeness (QED) is 0.851. The van der Waals surface area contributed by atoms with E-state index in [4.69, 9.17) is 4.74 Å². The van der Waals surface area contributed by atoms with Gasteiger partial charge in [-0.2, -0.15) is 5.10 Å². The minimum absolute atomic E-state index is 0.0443. The van der Waals surface area contributed by atoms with Crippen molar-refractivity contribution in [2.24, 2.45) is 7.05 Å². The topological polar surface area (TPSA) is 59.4 Å². The molecule has 3 heterocycles. The first-order chi connectivity index (χ1) is 14.0. The molecule has 2 aliphatic heterocycles. The van der Waals surface area contributed by atoms with E-state index in [1.165, 1.54) is 12.1 Å². The van der Waals surface area contributed by atoms with Crippen molar-refractivity contribution in [1.82, 2.24) is 20.0 Å². The van der Waals surface area contributed by atoms with Crippen LogP contribution in [0.5, 0.6) is 5.75 Å². The maximum Gasteiger partial charge on any atom is 0.272 e. The van der Waals surface area contributed by atoms with Crippen LogP contribution in [0.3, 0.4) is 0 Å². The fourth-order valence-electron chi connectivity index (χ4n) is 5.26. The molecule has 2 aromatic rings. The molecule has 6 nitrogen and oxygen atoms in total. The zero-order valence-corrected chi connectivity index (χ0v) is 17.4. The van der Waals surface area contributed by atoms with Crippen molar-refractivity contribution in [3.05, 3.63) is 46.8 Å². The van der Waals surface area contributed by atoms with E-state index in [9.17, 15) is 4.79 Å². The van der Waals surface area contributed by atoms with Crippen molar-refractivity contribution in [2.45, 2.75) is 56.6 Å². The second-order valence-corrected chi connectivity index (χ2v) is 8.96. The summed E-state index contributed by atoms with van der Waals surface area (Å²) >= 11 is 0. The third-order valence-corrected chi connectivity index (χ3v) is 6.98. The number of hydrogen-bond acceptors (Lipinski definition) is 4. The van der Waals surface area contributed by atoms with Crippen LogP contribution in [-0.4, -0.2) is 46.3 Å². The second kappa shape index (κ2) is 7.17. The number of hydrogen-bond donors (Lipinski definition) is 1. The number of carbonyl (C=O) groups excluding carboxylic acids is 1. The van der Waals surface area contributed by atoms with Crippen LogP contribution in [-0.2, 0) is 19.9 Å². The van der Waals surface area contributed by atoms with Crippen LogP contribution in [0.1, 0.15) is 65.5 Å². The standard InChI is InChI=1S/C23H30N4O2/c1-26-13-11-23(12-14-26)15-18(16-7-4-6-10-20(16)29-23)24-22(28)21-17-8-3-5-9-19(17)27(2)25-21/h4,6-7,10,18H,3,5,8-9,11-15H2,1-2H3,(H,24,28)/t18-/m1/s1. The highest BCUT2D eigenvalue weighted by Crippen LogP contribution is 2.44. The van der Waals surface area contributed by atoms with Gasteiger partial charge in [0.1, 0.15) is 11.4 Å². The number of fused-ring (bicyclic) bond motifs is 2. The van der Waals surface area contributed by atoms with Gasteiger partial charge in [0.25, 0.3) is 5.91 Å². The van der Waals surface area contributed by atoms with Crippen molar-refractivity contribution < 1.29 is 9.53 Å². The SMILES string of the molecule is CN1CCC2(CC1)C[C@@H](NC(=O)c1nn(C)c3c1CCCC3)c1ccccc1O2. The number of carbonyl (C=O) groups is 1. The number of para-hydroxylation sites is 1. The first-order valence-electron chi connectivity index (χ1n) is 10.9. The van der Waals surface area contributed by atoms with Gasteiger partial charge in [-0.25, -0.2) is 0 Å². The van der Waals surface area contributed by atoms with Crippen LogP contribution in [0.25, 0.3) is 0 Å². The van der Waals surface area contributed by atoms with Gasteiger partial charge in [0.05, 0.1) is 6.04 Å². The number of piperidine rings is 1. The van der Waals surface area contributed by atoms with E-state index in [2.05, 4.69) is 28.4 Å². The Hall–Kier alpha value is -2.34. The summed E-state index contributed by atoms with van der Waals surface area (Å²) < 4.78 is 8.43. The molecule has 0 saturated carbocycles. The predicted molar refractivity (Wildman–Crippen MR) is 111 cm³/mol. The minimum Gasteiger partial charge on any atom is -0.487 e. The van der Waals surface area contributed by atoms with E-state index in [-0.39, 0.29) is 17.6 Å². The number of benzene rings is 1. The normalized spacial score (nSPS) is 23.2. The monoisotopic (exact) mass is 394 g/mol. The van der Waals surface area contributed by atoms with E-state index >= 15 is 0 Å². The summed E-state index contributed by atoms with van der Waals surface area (Å²) in [6, 6.07) is 8.11. The molecule has 154 valence electrons. The molecule has 1 aliphatic carbocycles. The smallest absolute Gasteiger partial charge is 0.272 e. The van der Waals surface area contributed by atoms with Crippen LogP contribution >= 0.6 is 0 Å². The molecule has 1 aromatic heterocycles. The summed E-state index contributed by atoms with van der Waals surface area (Å²) in [6.07, 6.45) is 7.08. The summed E-state index contributed by atoms with van der Waals surface area (Å²) in [6.45, 7) is 2.05. The molecule has 1 aromatic carbocycles. The Bertz CT molecular complexity index is 927. The first-order valence-corrected chi connectivity index (χ1v) is 10.9. The highest BCUT2D eigenvalue weighted by Gasteiger charge is 2.43. The van der Waals surface area contributed by atoms with Crippen molar-refractivity contribution in [3.8, 4) is 5.75 Å². The zero-order chi connectivity index (χ0) is 20.0. The van der Waals surface area contributed by atoms with Gasteiger partial charge >= 0.3 is 0 Å². The Morgan fingerprint density at radius 1 is 1.17 bits per heavy atom. The highest BCUT2D eigenvalue weighted by atomic mass is 16.5. The number of nitrogens with zero attached hydrogens (tertiary/aromatic N) is 3. The van der Waals surface area contributed by atoms with E-state index in [0.717, 1.165) is 68.5 Å². The molecule has 1 atom stereocenters. The number of aryl methyl sites for hydroxylation is 1. The van der Waals surface area contributed by atoms with Crippen LogP contribution in [0, 0.1) is 0 Å². The summed E-state index contributed by atoms with van der Waals surface area (Å²) in [5.74, 6) is 0.866. The number of rotatable bonds is 2. The third-order valence-electron chi connectivity index (χ3n) is 6.98. The Kier molecular flexibility index (Phi) is 4.62. The molecule has 29 heavy (non-hydrogen) atoms. The van der Waals surface area contributed by atoms with E-state index in [0.29, 0.717) is 5.69 Å². The van der Waals surface area contributed by atoms with Crippen LogP contribution in [0.2, 0.25) is 0 Å². The van der Waals surface area contributed by atoms with E-state index < -0.39 is 0 Å². The molecule has 5 rings (SSSR count). The van der Waals surface area contributed by atoms with Crippen molar-refractivity contribution in [1.29, 1.82) is 0 Å². The van der Waals surface area contributed by atoms with E-state index in [1.54, 1.807) is 0 Å². The Morgan fingerprint density at radius 3 is 2.76 bits per heavy atom. The predicted octanol–water partition coefficient (Wildman–Crippen LogP) is 3.02. The molecule has 0 radical (unpaired) electrons. The fraction of sp³-hybridized carbons (Fsp3) is 0.565. The molecule has 1 fully saturated rings. The molecule has 1 N–H and O–H groups in total. The van der Waals surface area contributed by atoms with E-state index in [1.807, 2.05) is 29.9 Å². The van der Waals surface area contributed by atoms with Gasteiger partial charge in [-0.3, -0.25) is 9.48 Å². The molecular formula is C23H30N4O2. The van der Waals surface area contributed by atoms with Gasteiger partial charge < -0.3 is 15.0 Å². The average molecular weight is 395 g/mol. The number of likely N-dealkylation sites (tertiary alicyclic amines) is 1. The minimum atomic E-state index is -0.192. The summed E-state index contributed by atoms with van der Waals surface area (Å²) in [5, 5.41) is 7.92. The van der Waals surface area contributed by atoms with Gasteiger partial charge in [-0.15, -0.1) is 0 Å². The second-order valence-electron chi connectivity index (χ2n) is 8.96. The molecule has 1 amide bonds. The fourth-order valence-corrected chi connectivity index (χ4v) is 5.26. The third kappa shape index (κ3) is 3.33. The Morgan fingerprint density at radius 2 is 1.93 bits per heavy atom. The number of nitrogens with one attached hydrogen (secondary N) is 1. The maximum atomic E-state index is 13.3. The molecule has 3 aliphatic rings. The summed E-state index contributed by atoms with van der Waals surface area (Å²) in [5.41, 5.74) is 3.87. The van der Waals surface area contributed by atoms with Gasteiger partial charge in [-0.1, -0.05) is 18.2 Å². The van der Waals surface area contributed by atoms with Gasteiger partial charge in [-0.05, 0) is 51.6 Å². The lowest BCUT2D eigenvalue weighted by atomic mass is 9.80. The van der Waals surface area contributed by atoms with Crippen LogP contribution in [0.15, 0.2) is 24.3 Å². The van der Waals surface area contributed by atoms with Gasteiger partial charge in [0.2, 0.25) is 0 Å². The lowest BCUT2D eigenvalue weighted by Crippen LogP contribution is -2.51. The lowest BCUT2D eigenvalue weighted by molar-refractivity contribution is -0.0196. The van der Waals surface area contributed by atoms with Crippen LogP contribution < -0.4 is 10.1 Å². The molecule has 0 bridgehead atoms. The Labute approximate surface area is 172 Å². The Balaban J connectivity index is 1.43. The lowest BCUT2D eigenvalue weighted by Gasteiger charge is -2.46. The largest absolute Gasteiger partial charge is 0.487 e. The van der Waals surface area contributed by atoms with Crippen molar-refractivity contribution in [2.75, 3.05) is 20.1 Å². The maximum absolute atomic E-state index is 13.3. The first kappa shape index (κ1) is 18.7. The molecule has 1 spiro atoms. The molecule has 1 saturated heterocycles. The number of aromatic nitrogens is 2. The summed E-state index contributed by atoms with van der Waals surface area (Å²) in [7, 11) is 4.12. The molecule has 0 unspecified atom stereocenters.